The van der Waals surface area contributed by atoms with E-state index in [9.17, 15) is 18.8 Å². The zero-order valence-electron chi connectivity index (χ0n) is 17.5. The quantitative estimate of drug-likeness (QED) is 0.467. The third kappa shape index (κ3) is 5.94. The normalized spacial score (nSPS) is 22.5. The molecule has 1 aliphatic rings. The second-order valence-corrected chi connectivity index (χ2v) is 7.98. The number of hydrogen-bond donors (Lipinski definition) is 0. The topological polar surface area (TPSA) is 114 Å². The molecule has 0 aliphatic carbocycles. The van der Waals surface area contributed by atoms with Gasteiger partial charge in [-0.2, -0.15) is 0 Å². The number of nitrogens with zero attached hydrogens (tertiary/aromatic N) is 2. The van der Waals surface area contributed by atoms with Crippen molar-refractivity contribution >= 4 is 29.7 Å². The molecule has 4 atom stereocenters. The summed E-state index contributed by atoms with van der Waals surface area (Å²) in [7, 11) is 0. The van der Waals surface area contributed by atoms with Crippen LogP contribution in [0.4, 0.5) is 4.39 Å². The van der Waals surface area contributed by atoms with Crippen molar-refractivity contribution in [2.45, 2.75) is 44.5 Å². The van der Waals surface area contributed by atoms with E-state index in [1.165, 1.54) is 51.1 Å². The van der Waals surface area contributed by atoms with Gasteiger partial charge in [0.1, 0.15) is 11.4 Å². The van der Waals surface area contributed by atoms with Gasteiger partial charge in [0.25, 0.3) is 0 Å². The molecule has 0 aromatic carbocycles. The van der Waals surface area contributed by atoms with Crippen LogP contribution in [0.15, 0.2) is 36.8 Å². The van der Waals surface area contributed by atoms with Crippen LogP contribution in [0, 0.1) is 5.82 Å². The number of rotatable bonds is 6. The van der Waals surface area contributed by atoms with Gasteiger partial charge in [0.15, 0.2) is 29.6 Å². The molecule has 9 nitrogen and oxygen atoms in total. The average Bonchev–Trinajstić information content (AvgIpc) is 2.72. The predicted molar refractivity (Wildman–Crippen MR) is 111 cm³/mol. The van der Waals surface area contributed by atoms with Gasteiger partial charge in [-0.05, 0) is 12.1 Å². The fourth-order valence-electron chi connectivity index (χ4n) is 3.15. The van der Waals surface area contributed by atoms with E-state index in [0.29, 0.717) is 5.56 Å². The zero-order valence-corrected chi connectivity index (χ0v) is 18.3. The van der Waals surface area contributed by atoms with Crippen molar-refractivity contribution in [3.63, 3.8) is 0 Å². The van der Waals surface area contributed by atoms with Crippen molar-refractivity contribution in [1.29, 1.82) is 0 Å². The number of ether oxygens (including phenoxy) is 4. The van der Waals surface area contributed by atoms with E-state index in [1.54, 1.807) is 12.1 Å². The van der Waals surface area contributed by atoms with Gasteiger partial charge in [0.05, 0.1) is 6.20 Å². The van der Waals surface area contributed by atoms with Gasteiger partial charge in [-0.25, -0.2) is 9.37 Å². The van der Waals surface area contributed by atoms with Crippen LogP contribution in [-0.4, -0.2) is 57.4 Å². The molecule has 1 saturated heterocycles. The van der Waals surface area contributed by atoms with Crippen LogP contribution in [0.1, 0.15) is 20.8 Å². The second-order valence-electron chi connectivity index (χ2n) is 6.85. The van der Waals surface area contributed by atoms with Gasteiger partial charge in [-0.1, -0.05) is 0 Å². The zero-order chi connectivity index (χ0) is 23.3. The molecule has 0 amide bonds. The Bertz CT molecular complexity index is 991. The molecule has 170 valence electrons. The van der Waals surface area contributed by atoms with Crippen molar-refractivity contribution in [3.8, 4) is 17.0 Å². The lowest BCUT2D eigenvalue weighted by molar-refractivity contribution is -0.186. The Hall–Kier alpha value is -3.21. The highest BCUT2D eigenvalue weighted by Gasteiger charge is 2.47. The number of pyridine rings is 2. The molecule has 3 heterocycles. The number of halogens is 1. The number of carbonyl (C=O) groups is 3. The molecular formula is C21H21FN2O7S. The summed E-state index contributed by atoms with van der Waals surface area (Å²) in [6, 6.07) is 4.41. The van der Waals surface area contributed by atoms with Gasteiger partial charge in [0, 0.05) is 50.5 Å². The lowest BCUT2D eigenvalue weighted by Crippen LogP contribution is -2.55. The van der Waals surface area contributed by atoms with Crippen molar-refractivity contribution in [1.82, 2.24) is 9.97 Å². The fraction of sp³-hybridized carbons (Fsp3) is 0.381. The van der Waals surface area contributed by atoms with E-state index < -0.39 is 47.5 Å². The third-order valence-corrected chi connectivity index (χ3v) is 5.54. The molecule has 32 heavy (non-hydrogen) atoms. The smallest absolute Gasteiger partial charge is 0.303 e. The first-order valence-corrected chi connectivity index (χ1v) is 10.7. The molecule has 1 fully saturated rings. The maximum atomic E-state index is 14.7. The van der Waals surface area contributed by atoms with E-state index in [0.717, 1.165) is 6.07 Å². The van der Waals surface area contributed by atoms with E-state index in [2.05, 4.69) is 9.97 Å². The Labute approximate surface area is 187 Å². The molecule has 1 unspecified atom stereocenters. The number of thioether (sulfide) groups is 1. The Morgan fingerprint density at radius 2 is 1.62 bits per heavy atom. The standard InChI is InChI=1S/C21H21FN2O7S/c1-11(25)28-17-10-32-21(20(30-13(3)27)19(17)29-12(2)26)31-15-8-16(22)18(24-9-15)14-4-6-23-7-5-14/h4-9,17,19-21H,10H2,1-3H3/t17-,19+,20-,21?/m1/s1. The van der Waals surface area contributed by atoms with Crippen molar-refractivity contribution in [2.75, 3.05) is 5.75 Å². The lowest BCUT2D eigenvalue weighted by atomic mass is 10.1. The van der Waals surface area contributed by atoms with Crippen LogP contribution >= 0.6 is 11.8 Å². The average molecular weight is 464 g/mol. The van der Waals surface area contributed by atoms with Gasteiger partial charge < -0.3 is 18.9 Å². The first-order chi connectivity index (χ1) is 15.2. The van der Waals surface area contributed by atoms with Gasteiger partial charge in [0.2, 0.25) is 0 Å². The first kappa shape index (κ1) is 23.5. The summed E-state index contributed by atoms with van der Waals surface area (Å²) in [4.78, 5) is 42.8. The maximum absolute atomic E-state index is 14.7. The minimum absolute atomic E-state index is 0.0856. The van der Waals surface area contributed by atoms with Gasteiger partial charge in [-0.3, -0.25) is 19.4 Å². The molecule has 0 saturated carbocycles. The number of hydrogen-bond acceptors (Lipinski definition) is 10. The van der Waals surface area contributed by atoms with Crippen LogP contribution in [0.2, 0.25) is 0 Å². The minimum atomic E-state index is -1.11. The summed E-state index contributed by atoms with van der Waals surface area (Å²) in [5, 5.41) is 0. The van der Waals surface area contributed by atoms with Crippen LogP contribution in [0.3, 0.4) is 0 Å². The predicted octanol–water partition coefficient (Wildman–Crippen LogP) is 2.53. The van der Waals surface area contributed by atoms with Crippen LogP contribution < -0.4 is 4.74 Å². The van der Waals surface area contributed by atoms with Crippen LogP contribution in [0.5, 0.6) is 5.75 Å². The highest BCUT2D eigenvalue weighted by molar-refractivity contribution is 7.99. The fourth-order valence-corrected chi connectivity index (χ4v) is 4.37. The van der Waals surface area contributed by atoms with E-state index in [1.807, 2.05) is 0 Å². The van der Waals surface area contributed by atoms with Crippen LogP contribution in [-0.2, 0) is 28.6 Å². The number of aromatic nitrogens is 2. The SMILES string of the molecule is CC(=O)O[C@H]1[C@H](OC(C)=O)CSC(Oc2cnc(-c3ccncc3)c(F)c2)[C@@H]1OC(C)=O. The molecule has 0 N–H and O–H groups in total. The molecule has 3 rings (SSSR count). The second kappa shape index (κ2) is 10.4. The van der Waals surface area contributed by atoms with Crippen molar-refractivity contribution in [2.24, 2.45) is 0 Å². The van der Waals surface area contributed by atoms with Gasteiger partial charge >= 0.3 is 17.9 Å². The summed E-state index contributed by atoms with van der Waals surface area (Å²) in [5.74, 6) is -2.21. The third-order valence-electron chi connectivity index (χ3n) is 4.33. The van der Waals surface area contributed by atoms with Crippen molar-refractivity contribution < 1.29 is 37.7 Å². The summed E-state index contributed by atoms with van der Waals surface area (Å²) in [6.07, 6.45) is 1.33. The monoisotopic (exact) mass is 464 g/mol. The first-order valence-electron chi connectivity index (χ1n) is 9.60. The molecule has 0 spiro atoms. The molecule has 0 radical (unpaired) electrons. The summed E-state index contributed by atoms with van der Waals surface area (Å²) in [5.41, 5.74) is -0.198. The molecule has 0 bridgehead atoms. The largest absolute Gasteiger partial charge is 0.474 e. The van der Waals surface area contributed by atoms with E-state index in [-0.39, 0.29) is 17.2 Å². The van der Waals surface area contributed by atoms with Gasteiger partial charge in [-0.15, -0.1) is 11.8 Å². The Morgan fingerprint density at radius 1 is 1.00 bits per heavy atom. The minimum Gasteiger partial charge on any atom is -0.474 e. The Morgan fingerprint density at radius 3 is 2.22 bits per heavy atom. The summed E-state index contributed by atoms with van der Waals surface area (Å²) < 4.78 is 36.4. The Balaban J connectivity index is 1.85. The molecule has 1 aliphatic heterocycles. The summed E-state index contributed by atoms with van der Waals surface area (Å²) in [6.45, 7) is 3.59. The van der Waals surface area contributed by atoms with E-state index in [4.69, 9.17) is 18.9 Å². The number of carbonyl (C=O) groups excluding carboxylic acids is 3. The molecule has 11 heteroatoms. The maximum Gasteiger partial charge on any atom is 0.303 e. The molecular weight excluding hydrogens is 443 g/mol. The molecule has 2 aromatic rings. The highest BCUT2D eigenvalue weighted by atomic mass is 32.2. The Kier molecular flexibility index (Phi) is 7.62. The molecule has 2 aromatic heterocycles. The van der Waals surface area contributed by atoms with E-state index >= 15 is 0 Å². The number of esters is 3. The van der Waals surface area contributed by atoms with Crippen LogP contribution in [0.25, 0.3) is 11.3 Å². The lowest BCUT2D eigenvalue weighted by Gasteiger charge is -2.39. The van der Waals surface area contributed by atoms with Crippen molar-refractivity contribution in [3.05, 3.63) is 42.6 Å². The summed E-state index contributed by atoms with van der Waals surface area (Å²) >= 11 is 1.17. The highest BCUT2D eigenvalue weighted by Crippen LogP contribution is 2.34.